The van der Waals surface area contributed by atoms with Gasteiger partial charge in [0.05, 0.1) is 31.5 Å². The van der Waals surface area contributed by atoms with Crippen LogP contribution in [-0.4, -0.2) is 30.9 Å². The first-order valence-electron chi connectivity index (χ1n) is 6.21. The molecule has 0 fully saturated rings. The first-order valence-corrected chi connectivity index (χ1v) is 7.16. The highest BCUT2D eigenvalue weighted by atomic mass is 32.1. The van der Waals surface area contributed by atoms with Gasteiger partial charge in [0.2, 0.25) is 0 Å². The molecule has 20 heavy (non-hydrogen) atoms. The fourth-order valence-corrected chi connectivity index (χ4v) is 2.36. The Balaban J connectivity index is 1.95. The predicted octanol–water partition coefficient (Wildman–Crippen LogP) is 1.98. The third-order valence-electron chi connectivity index (χ3n) is 2.89. The van der Waals surface area contributed by atoms with Crippen LogP contribution in [0.2, 0.25) is 0 Å². The van der Waals surface area contributed by atoms with E-state index in [1.807, 2.05) is 5.38 Å². The Morgan fingerprint density at radius 1 is 1.25 bits per heavy atom. The molecule has 1 heterocycles. The van der Waals surface area contributed by atoms with Crippen molar-refractivity contribution >= 4 is 11.3 Å². The van der Waals surface area contributed by atoms with E-state index in [0.29, 0.717) is 24.6 Å². The zero-order valence-electron chi connectivity index (χ0n) is 11.5. The Hall–Kier alpha value is -1.63. The molecule has 0 saturated carbocycles. The fraction of sp³-hybridized carbons (Fsp3) is 0.357. The number of aliphatic hydroxyl groups excluding tert-OH is 1. The number of hydrogen-bond donors (Lipinski definition) is 2. The van der Waals surface area contributed by atoms with Gasteiger partial charge in [-0.25, -0.2) is 4.98 Å². The van der Waals surface area contributed by atoms with E-state index < -0.39 is 6.10 Å². The molecule has 0 aliphatic heterocycles. The highest BCUT2D eigenvalue weighted by Crippen LogP contribution is 2.26. The average Bonchev–Trinajstić information content (AvgIpc) is 2.99. The minimum absolute atomic E-state index is 0.438. The maximum atomic E-state index is 10.2. The third-order valence-corrected chi connectivity index (χ3v) is 3.52. The molecule has 0 spiro atoms. The maximum absolute atomic E-state index is 10.2. The summed E-state index contributed by atoms with van der Waals surface area (Å²) >= 11 is 1.56. The number of benzene rings is 1. The molecule has 0 radical (unpaired) electrons. The minimum atomic E-state index is -0.627. The van der Waals surface area contributed by atoms with Crippen molar-refractivity contribution in [2.75, 3.05) is 20.8 Å². The molecule has 1 aromatic heterocycles. The smallest absolute Gasteiger partial charge is 0.122 e. The molecule has 1 aromatic carbocycles. The quantitative estimate of drug-likeness (QED) is 0.817. The second-order valence-electron chi connectivity index (χ2n) is 4.27. The molecule has 2 N–H and O–H groups in total. The number of thiazole rings is 1. The van der Waals surface area contributed by atoms with Crippen molar-refractivity contribution in [3.8, 4) is 11.5 Å². The highest BCUT2D eigenvalue weighted by molar-refractivity contribution is 7.07. The molecule has 0 saturated heterocycles. The van der Waals surface area contributed by atoms with Crippen molar-refractivity contribution in [3.63, 3.8) is 0 Å². The monoisotopic (exact) mass is 294 g/mol. The molecule has 1 unspecified atom stereocenters. The van der Waals surface area contributed by atoms with Gasteiger partial charge in [-0.05, 0) is 17.7 Å². The number of rotatable bonds is 7. The molecule has 6 heteroatoms. The van der Waals surface area contributed by atoms with E-state index in [2.05, 4.69) is 10.3 Å². The number of aliphatic hydroxyl groups is 1. The largest absolute Gasteiger partial charge is 0.497 e. The van der Waals surface area contributed by atoms with Crippen LogP contribution in [0.1, 0.15) is 17.4 Å². The summed E-state index contributed by atoms with van der Waals surface area (Å²) in [5, 5.41) is 15.4. The van der Waals surface area contributed by atoms with Crippen molar-refractivity contribution < 1.29 is 14.6 Å². The van der Waals surface area contributed by atoms with Gasteiger partial charge >= 0.3 is 0 Å². The van der Waals surface area contributed by atoms with Gasteiger partial charge < -0.3 is 19.9 Å². The van der Waals surface area contributed by atoms with E-state index in [1.165, 1.54) is 0 Å². The Bertz CT molecular complexity index is 509. The van der Waals surface area contributed by atoms with Gasteiger partial charge in [-0.3, -0.25) is 0 Å². The number of ether oxygens (including phenoxy) is 2. The molecule has 5 nitrogen and oxygen atoms in total. The molecule has 1 atom stereocenters. The van der Waals surface area contributed by atoms with Gasteiger partial charge in [0.15, 0.2) is 0 Å². The lowest BCUT2D eigenvalue weighted by atomic mass is 10.1. The number of aromatic nitrogens is 1. The Labute approximate surface area is 122 Å². The molecule has 0 bridgehead atoms. The van der Waals surface area contributed by atoms with Crippen LogP contribution in [0.5, 0.6) is 11.5 Å². The van der Waals surface area contributed by atoms with Crippen molar-refractivity contribution in [3.05, 3.63) is 40.3 Å². The first kappa shape index (κ1) is 14.8. The molecular formula is C14H18N2O3S. The number of nitrogens with zero attached hydrogens (tertiary/aromatic N) is 1. The Kier molecular flexibility index (Phi) is 5.34. The second kappa shape index (κ2) is 7.23. The first-order chi connectivity index (χ1) is 9.72. The summed E-state index contributed by atoms with van der Waals surface area (Å²) in [7, 11) is 3.18. The van der Waals surface area contributed by atoms with Crippen molar-refractivity contribution in [2.45, 2.75) is 12.6 Å². The zero-order chi connectivity index (χ0) is 14.4. The van der Waals surface area contributed by atoms with E-state index >= 15 is 0 Å². The van der Waals surface area contributed by atoms with Crippen LogP contribution in [0.25, 0.3) is 0 Å². The van der Waals surface area contributed by atoms with E-state index in [0.717, 1.165) is 11.3 Å². The molecule has 2 aromatic rings. The minimum Gasteiger partial charge on any atom is -0.497 e. The lowest BCUT2D eigenvalue weighted by molar-refractivity contribution is 0.173. The molecule has 0 amide bonds. The van der Waals surface area contributed by atoms with Gasteiger partial charge in [0, 0.05) is 24.5 Å². The van der Waals surface area contributed by atoms with Crippen LogP contribution in [0.15, 0.2) is 29.1 Å². The summed E-state index contributed by atoms with van der Waals surface area (Å²) in [4.78, 5) is 4.17. The van der Waals surface area contributed by atoms with Crippen molar-refractivity contribution in [2.24, 2.45) is 0 Å². The van der Waals surface area contributed by atoms with Gasteiger partial charge in [0.25, 0.3) is 0 Å². The average molecular weight is 294 g/mol. The van der Waals surface area contributed by atoms with E-state index in [9.17, 15) is 5.11 Å². The van der Waals surface area contributed by atoms with E-state index in [-0.39, 0.29) is 0 Å². The summed E-state index contributed by atoms with van der Waals surface area (Å²) in [6, 6.07) is 5.38. The Morgan fingerprint density at radius 3 is 2.50 bits per heavy atom. The van der Waals surface area contributed by atoms with Crippen LogP contribution in [-0.2, 0) is 6.54 Å². The topological polar surface area (TPSA) is 63.6 Å². The standard InChI is InChI=1S/C14H18N2O3S/c1-18-12-3-10(4-13(5-12)19-2)14(17)7-15-6-11-8-20-9-16-11/h3-5,8-9,14-15,17H,6-7H2,1-2H3. The summed E-state index contributed by atoms with van der Waals surface area (Å²) in [6.07, 6.45) is -0.627. The van der Waals surface area contributed by atoms with E-state index in [1.54, 1.807) is 49.3 Å². The lowest BCUT2D eigenvalue weighted by Gasteiger charge is -2.14. The molecule has 0 aliphatic carbocycles. The summed E-state index contributed by atoms with van der Waals surface area (Å²) < 4.78 is 10.4. The van der Waals surface area contributed by atoms with Gasteiger partial charge in [0.1, 0.15) is 11.5 Å². The fourth-order valence-electron chi connectivity index (χ4n) is 1.80. The normalized spacial score (nSPS) is 12.2. The Morgan fingerprint density at radius 2 is 1.95 bits per heavy atom. The summed E-state index contributed by atoms with van der Waals surface area (Å²) in [5.74, 6) is 1.33. The molecule has 108 valence electrons. The number of nitrogens with one attached hydrogen (secondary N) is 1. The van der Waals surface area contributed by atoms with Crippen LogP contribution < -0.4 is 14.8 Å². The molecule has 2 rings (SSSR count). The van der Waals surface area contributed by atoms with Gasteiger partial charge in [-0.2, -0.15) is 0 Å². The van der Waals surface area contributed by atoms with Crippen LogP contribution in [0, 0.1) is 0 Å². The van der Waals surface area contributed by atoms with Crippen molar-refractivity contribution in [1.29, 1.82) is 0 Å². The van der Waals surface area contributed by atoms with E-state index in [4.69, 9.17) is 9.47 Å². The van der Waals surface area contributed by atoms with Crippen molar-refractivity contribution in [1.82, 2.24) is 10.3 Å². The van der Waals surface area contributed by atoms with Crippen LogP contribution in [0.3, 0.4) is 0 Å². The summed E-state index contributed by atoms with van der Waals surface area (Å²) in [6.45, 7) is 1.08. The van der Waals surface area contributed by atoms with Gasteiger partial charge in [-0.15, -0.1) is 11.3 Å². The zero-order valence-corrected chi connectivity index (χ0v) is 12.3. The summed E-state index contributed by atoms with van der Waals surface area (Å²) in [5.41, 5.74) is 3.53. The predicted molar refractivity (Wildman–Crippen MR) is 78.3 cm³/mol. The number of methoxy groups -OCH3 is 2. The molecule has 0 aliphatic rings. The maximum Gasteiger partial charge on any atom is 0.122 e. The highest BCUT2D eigenvalue weighted by Gasteiger charge is 2.11. The molecular weight excluding hydrogens is 276 g/mol. The third kappa shape index (κ3) is 3.93. The van der Waals surface area contributed by atoms with Gasteiger partial charge in [-0.1, -0.05) is 0 Å². The second-order valence-corrected chi connectivity index (χ2v) is 4.99. The van der Waals surface area contributed by atoms with Crippen LogP contribution in [0.4, 0.5) is 0 Å². The number of hydrogen-bond acceptors (Lipinski definition) is 6. The SMILES string of the molecule is COc1cc(OC)cc(C(O)CNCc2cscn2)c1. The van der Waals surface area contributed by atoms with Crippen LogP contribution >= 0.6 is 11.3 Å². The lowest BCUT2D eigenvalue weighted by Crippen LogP contribution is -2.21.